The van der Waals surface area contributed by atoms with Crippen molar-refractivity contribution in [3.8, 4) is 11.3 Å². The molecule has 2 atom stereocenters. The number of aromatic nitrogens is 4. The second-order valence-corrected chi connectivity index (χ2v) is 10.3. The van der Waals surface area contributed by atoms with Gasteiger partial charge in [-0.2, -0.15) is 18.3 Å². The molecule has 1 aliphatic carbocycles. The number of anilines is 1. The largest absolute Gasteiger partial charge is 0.417 e. The van der Waals surface area contributed by atoms with Crippen LogP contribution in [0.3, 0.4) is 0 Å². The summed E-state index contributed by atoms with van der Waals surface area (Å²) in [6.45, 7) is 1.44. The predicted molar refractivity (Wildman–Crippen MR) is 130 cm³/mol. The highest BCUT2D eigenvalue weighted by atomic mass is 19.4. The topological polar surface area (TPSA) is 68.1 Å². The standard InChI is InChI=1S/C26H31F3N6O/c1-34-15-21-23(33-34)3-2-20(25(21)26(27,28)29)22-4-5-24(32-31-22)30-19-10-17-13-35(14-18(17)11-19)12-16-6-8-36-9-7-16/h2-5,15-19H,6-14H2,1H3,(H,30,32)/i12D2. The summed E-state index contributed by atoms with van der Waals surface area (Å²) in [6, 6.07) is 6.40. The summed E-state index contributed by atoms with van der Waals surface area (Å²) in [5, 5.41) is 15.9. The van der Waals surface area contributed by atoms with Crippen molar-refractivity contribution in [1.82, 2.24) is 24.9 Å². The molecule has 1 N–H and O–H groups in total. The van der Waals surface area contributed by atoms with Crippen LogP contribution in [-0.4, -0.2) is 63.7 Å². The molecule has 0 spiro atoms. The summed E-state index contributed by atoms with van der Waals surface area (Å²) in [7, 11) is 1.59. The maximum Gasteiger partial charge on any atom is 0.417 e. The van der Waals surface area contributed by atoms with Crippen LogP contribution >= 0.6 is 0 Å². The van der Waals surface area contributed by atoms with Crippen LogP contribution in [-0.2, 0) is 18.0 Å². The highest BCUT2D eigenvalue weighted by Gasteiger charge is 2.41. The number of halogens is 3. The SMILES string of the molecule is [2H]C([2H])(C1CCOCC1)N1CC2CC(Nc3ccc(-c4ccc5nn(C)cc5c4C(F)(F)F)nn3)CC2C1. The van der Waals surface area contributed by atoms with Crippen LogP contribution in [0.2, 0.25) is 0 Å². The van der Waals surface area contributed by atoms with Gasteiger partial charge in [0.05, 0.1) is 16.8 Å². The monoisotopic (exact) mass is 502 g/mol. The molecule has 4 heterocycles. The van der Waals surface area contributed by atoms with Crippen LogP contribution in [0, 0.1) is 17.8 Å². The number of nitrogens with one attached hydrogen (secondary N) is 1. The van der Waals surface area contributed by atoms with E-state index in [1.807, 2.05) is 4.90 Å². The number of ether oxygens (including phenoxy) is 1. The molecule has 3 aromatic rings. The van der Waals surface area contributed by atoms with E-state index in [0.717, 1.165) is 38.8 Å². The van der Waals surface area contributed by atoms with E-state index in [2.05, 4.69) is 20.6 Å². The summed E-state index contributed by atoms with van der Waals surface area (Å²) in [5.41, 5.74) is -0.345. The molecule has 10 heteroatoms. The van der Waals surface area contributed by atoms with Crippen molar-refractivity contribution in [3.63, 3.8) is 0 Å². The number of hydrogen-bond acceptors (Lipinski definition) is 6. The Labute approximate surface area is 210 Å². The van der Waals surface area contributed by atoms with Crippen molar-refractivity contribution in [2.24, 2.45) is 24.8 Å². The molecule has 6 rings (SSSR count). The molecule has 0 amide bonds. The Morgan fingerprint density at radius 2 is 1.83 bits per heavy atom. The maximum absolute atomic E-state index is 14.0. The number of hydrogen-bond donors (Lipinski definition) is 1. The number of fused-ring (bicyclic) bond motifs is 2. The van der Waals surface area contributed by atoms with Gasteiger partial charge in [-0.1, -0.05) is 0 Å². The minimum atomic E-state index is -4.56. The summed E-state index contributed by atoms with van der Waals surface area (Å²) in [6.07, 6.45) is 0.149. The lowest BCUT2D eigenvalue weighted by Crippen LogP contribution is -2.32. The van der Waals surface area contributed by atoms with Crippen molar-refractivity contribution in [1.29, 1.82) is 0 Å². The van der Waals surface area contributed by atoms with Gasteiger partial charge in [-0.3, -0.25) is 4.68 Å². The summed E-state index contributed by atoms with van der Waals surface area (Å²) in [5.74, 6) is 1.36. The van der Waals surface area contributed by atoms with Gasteiger partial charge in [0, 0.05) is 65.8 Å². The minimum absolute atomic E-state index is 0.00881. The molecule has 2 unspecified atom stereocenters. The molecule has 3 aliphatic rings. The van der Waals surface area contributed by atoms with E-state index in [1.54, 1.807) is 25.2 Å². The number of rotatable bonds is 5. The lowest BCUT2D eigenvalue weighted by Gasteiger charge is -2.27. The zero-order valence-electron chi connectivity index (χ0n) is 22.1. The van der Waals surface area contributed by atoms with Gasteiger partial charge in [-0.25, -0.2) is 0 Å². The third kappa shape index (κ3) is 4.68. The average Bonchev–Trinajstić information content (AvgIpc) is 3.56. The fraction of sp³-hybridized carbons (Fsp3) is 0.577. The van der Waals surface area contributed by atoms with Crippen LogP contribution in [0.25, 0.3) is 22.2 Å². The molecule has 0 bridgehead atoms. The number of aryl methyl sites for hydroxylation is 1. The van der Waals surface area contributed by atoms with Crippen molar-refractivity contribution < 1.29 is 20.6 Å². The maximum atomic E-state index is 14.0. The van der Waals surface area contributed by atoms with Crippen LogP contribution in [0.15, 0.2) is 30.5 Å². The van der Waals surface area contributed by atoms with Gasteiger partial charge < -0.3 is 15.0 Å². The smallest absolute Gasteiger partial charge is 0.381 e. The molecule has 1 aromatic carbocycles. The summed E-state index contributed by atoms with van der Waals surface area (Å²) >= 11 is 0. The molecule has 192 valence electrons. The van der Waals surface area contributed by atoms with E-state index >= 15 is 0 Å². The van der Waals surface area contributed by atoms with E-state index in [1.165, 1.54) is 16.9 Å². The number of nitrogens with zero attached hydrogens (tertiary/aromatic N) is 5. The highest BCUT2D eigenvalue weighted by molar-refractivity contribution is 5.89. The molecule has 7 nitrogen and oxygen atoms in total. The van der Waals surface area contributed by atoms with Crippen molar-refractivity contribution in [3.05, 3.63) is 36.0 Å². The first-order valence-electron chi connectivity index (χ1n) is 13.6. The highest BCUT2D eigenvalue weighted by Crippen LogP contribution is 2.42. The average molecular weight is 503 g/mol. The van der Waals surface area contributed by atoms with Gasteiger partial charge >= 0.3 is 6.18 Å². The molecule has 1 saturated carbocycles. The van der Waals surface area contributed by atoms with Crippen LogP contribution in [0.1, 0.15) is 34.0 Å². The van der Waals surface area contributed by atoms with Gasteiger partial charge in [0.15, 0.2) is 0 Å². The van der Waals surface area contributed by atoms with E-state index in [0.29, 0.717) is 30.9 Å². The van der Waals surface area contributed by atoms with Gasteiger partial charge in [0.2, 0.25) is 0 Å². The third-order valence-corrected chi connectivity index (χ3v) is 7.72. The van der Waals surface area contributed by atoms with E-state index < -0.39 is 18.2 Å². The van der Waals surface area contributed by atoms with Gasteiger partial charge in [0.25, 0.3) is 0 Å². The molecule has 2 aromatic heterocycles. The zero-order valence-corrected chi connectivity index (χ0v) is 20.1. The molecular formula is C26H31F3N6O. The molecule has 3 fully saturated rings. The normalized spacial score (nSPS) is 26.7. The number of alkyl halides is 3. The third-order valence-electron chi connectivity index (χ3n) is 7.72. The number of likely N-dealkylation sites (tertiary alicyclic amines) is 1. The minimum Gasteiger partial charge on any atom is -0.381 e. The second-order valence-electron chi connectivity index (χ2n) is 10.3. The van der Waals surface area contributed by atoms with Crippen molar-refractivity contribution in [2.75, 3.05) is 38.1 Å². The van der Waals surface area contributed by atoms with Gasteiger partial charge in [0.1, 0.15) is 5.82 Å². The molecule has 0 radical (unpaired) electrons. The molecular weight excluding hydrogens is 469 g/mol. The Morgan fingerprint density at radius 3 is 2.50 bits per heavy atom. The van der Waals surface area contributed by atoms with Crippen molar-refractivity contribution in [2.45, 2.75) is 37.9 Å². The van der Waals surface area contributed by atoms with E-state index in [-0.39, 0.29) is 34.1 Å². The fourth-order valence-corrected chi connectivity index (χ4v) is 6.10. The van der Waals surface area contributed by atoms with Crippen molar-refractivity contribution >= 4 is 16.7 Å². The van der Waals surface area contributed by atoms with Crippen LogP contribution in [0.4, 0.5) is 19.0 Å². The van der Waals surface area contributed by atoms with E-state index in [4.69, 9.17) is 7.48 Å². The zero-order chi connectivity index (χ0) is 26.7. The van der Waals surface area contributed by atoms with Crippen LogP contribution in [0.5, 0.6) is 0 Å². The first-order chi connectivity index (χ1) is 18.1. The van der Waals surface area contributed by atoms with Gasteiger partial charge in [-0.05, 0) is 67.7 Å². The Bertz CT molecular complexity index is 1290. The first kappa shape index (κ1) is 21.4. The second kappa shape index (κ2) is 9.30. The summed E-state index contributed by atoms with van der Waals surface area (Å²) < 4.78 is 66.3. The van der Waals surface area contributed by atoms with E-state index in [9.17, 15) is 13.2 Å². The Kier molecular flexibility index (Phi) is 5.52. The van der Waals surface area contributed by atoms with Gasteiger partial charge in [-0.15, -0.1) is 10.2 Å². The Hall–Kier alpha value is -2.72. The predicted octanol–water partition coefficient (Wildman–Crippen LogP) is 4.60. The first-order valence-corrected chi connectivity index (χ1v) is 12.6. The number of benzene rings is 1. The Balaban J connectivity index is 1.12. The molecule has 2 aliphatic heterocycles. The molecule has 36 heavy (non-hydrogen) atoms. The Morgan fingerprint density at radius 1 is 1.08 bits per heavy atom. The summed E-state index contributed by atoms with van der Waals surface area (Å²) in [4.78, 5) is 2.03. The lowest BCUT2D eigenvalue weighted by atomic mass is 10.00. The molecule has 2 saturated heterocycles. The lowest BCUT2D eigenvalue weighted by molar-refractivity contribution is -0.135. The van der Waals surface area contributed by atoms with Crippen LogP contribution < -0.4 is 5.32 Å². The fourth-order valence-electron chi connectivity index (χ4n) is 6.10. The quantitative estimate of drug-likeness (QED) is 0.550.